The molecule has 0 aliphatic carbocycles. The molecular formula is C22H28N2O3. The van der Waals surface area contributed by atoms with Gasteiger partial charge in [0.25, 0.3) is 5.91 Å². The first kappa shape index (κ1) is 20.6. The third kappa shape index (κ3) is 6.87. The highest BCUT2D eigenvalue weighted by molar-refractivity contribution is 6.03. The lowest BCUT2D eigenvalue weighted by Gasteiger charge is -2.14. The summed E-state index contributed by atoms with van der Waals surface area (Å²) in [6.07, 6.45) is 1.11. The van der Waals surface area contributed by atoms with Gasteiger partial charge in [-0.15, -0.1) is 0 Å². The lowest BCUT2D eigenvalue weighted by molar-refractivity contribution is -0.116. The van der Waals surface area contributed by atoms with E-state index in [1.165, 1.54) is 0 Å². The number of amides is 2. The fraction of sp³-hybridized carbons (Fsp3) is 0.364. The zero-order valence-corrected chi connectivity index (χ0v) is 16.0. The second-order valence-electron chi connectivity index (χ2n) is 6.42. The third-order valence-corrected chi connectivity index (χ3v) is 4.26. The van der Waals surface area contributed by atoms with Gasteiger partial charge in [-0.25, -0.2) is 0 Å². The van der Waals surface area contributed by atoms with Gasteiger partial charge in [0.05, 0.1) is 11.3 Å². The van der Waals surface area contributed by atoms with Gasteiger partial charge >= 0.3 is 0 Å². The van der Waals surface area contributed by atoms with Crippen LogP contribution in [0.1, 0.15) is 48.5 Å². The first-order chi connectivity index (χ1) is 13.1. The molecule has 2 N–H and O–H groups in total. The standard InChI is InChI=1S/C22H28N2O3/c1-3-27-15-9-14-23-22(26)19-12-7-8-13-20(19)24-21(25)16-17(2)18-10-5-4-6-11-18/h4-8,10-13,17H,3,9,14-16H2,1-2H3,(H,23,26)(H,24,25). The van der Waals surface area contributed by atoms with Gasteiger partial charge in [-0.05, 0) is 37.0 Å². The fourth-order valence-electron chi connectivity index (χ4n) is 2.78. The minimum Gasteiger partial charge on any atom is -0.382 e. The quantitative estimate of drug-likeness (QED) is 0.624. The number of hydrogen-bond donors (Lipinski definition) is 2. The van der Waals surface area contributed by atoms with Crippen LogP contribution in [0.25, 0.3) is 0 Å². The average molecular weight is 368 g/mol. The first-order valence-corrected chi connectivity index (χ1v) is 9.41. The van der Waals surface area contributed by atoms with Crippen molar-refractivity contribution in [3.63, 3.8) is 0 Å². The molecule has 0 spiro atoms. The Hall–Kier alpha value is -2.66. The smallest absolute Gasteiger partial charge is 0.253 e. The first-order valence-electron chi connectivity index (χ1n) is 9.41. The van der Waals surface area contributed by atoms with Crippen LogP contribution in [0.3, 0.4) is 0 Å². The Labute approximate surface area is 161 Å². The van der Waals surface area contributed by atoms with Crippen molar-refractivity contribution in [1.82, 2.24) is 5.32 Å². The lowest BCUT2D eigenvalue weighted by atomic mass is 9.97. The van der Waals surface area contributed by atoms with Crippen molar-refractivity contribution in [2.24, 2.45) is 0 Å². The maximum absolute atomic E-state index is 12.4. The zero-order chi connectivity index (χ0) is 19.5. The zero-order valence-electron chi connectivity index (χ0n) is 16.0. The normalized spacial score (nSPS) is 11.6. The molecule has 5 nitrogen and oxygen atoms in total. The van der Waals surface area contributed by atoms with Gasteiger partial charge < -0.3 is 15.4 Å². The van der Waals surface area contributed by atoms with Crippen LogP contribution in [0, 0.1) is 0 Å². The summed E-state index contributed by atoms with van der Waals surface area (Å²) in [5.41, 5.74) is 2.12. The molecule has 0 aliphatic heterocycles. The molecule has 2 rings (SSSR count). The van der Waals surface area contributed by atoms with E-state index in [4.69, 9.17) is 4.74 Å². The van der Waals surface area contributed by atoms with Gasteiger partial charge in [0.15, 0.2) is 0 Å². The second-order valence-corrected chi connectivity index (χ2v) is 6.42. The highest BCUT2D eigenvalue weighted by Gasteiger charge is 2.15. The van der Waals surface area contributed by atoms with Crippen molar-refractivity contribution in [3.8, 4) is 0 Å². The lowest BCUT2D eigenvalue weighted by Crippen LogP contribution is -2.27. The number of rotatable bonds is 10. The molecule has 0 radical (unpaired) electrons. The summed E-state index contributed by atoms with van der Waals surface area (Å²) in [4.78, 5) is 24.9. The molecule has 5 heteroatoms. The van der Waals surface area contributed by atoms with E-state index in [0.29, 0.717) is 37.4 Å². The molecule has 1 atom stereocenters. The van der Waals surface area contributed by atoms with Gasteiger partial charge in [-0.3, -0.25) is 9.59 Å². The average Bonchev–Trinajstić information content (AvgIpc) is 2.68. The molecule has 0 bridgehead atoms. The highest BCUT2D eigenvalue weighted by Crippen LogP contribution is 2.21. The SMILES string of the molecule is CCOCCCNC(=O)c1ccccc1NC(=O)CC(C)c1ccccc1. The monoisotopic (exact) mass is 368 g/mol. The predicted octanol–water partition coefficient (Wildman–Crippen LogP) is 3.98. The summed E-state index contributed by atoms with van der Waals surface area (Å²) < 4.78 is 5.26. The van der Waals surface area contributed by atoms with Crippen LogP contribution in [0.5, 0.6) is 0 Å². The van der Waals surface area contributed by atoms with Crippen LogP contribution < -0.4 is 10.6 Å². The van der Waals surface area contributed by atoms with Crippen LogP contribution in [0.15, 0.2) is 54.6 Å². The number of ether oxygens (including phenoxy) is 1. The third-order valence-electron chi connectivity index (χ3n) is 4.26. The molecule has 2 amide bonds. The largest absolute Gasteiger partial charge is 0.382 e. The molecule has 0 saturated heterocycles. The topological polar surface area (TPSA) is 67.4 Å². The van der Waals surface area contributed by atoms with Gasteiger partial charge in [0.1, 0.15) is 0 Å². The Balaban J connectivity index is 1.92. The minimum atomic E-state index is -0.196. The number of carbonyl (C=O) groups is 2. The molecule has 144 valence electrons. The summed E-state index contributed by atoms with van der Waals surface area (Å²) in [6.45, 7) is 5.78. The van der Waals surface area contributed by atoms with Crippen molar-refractivity contribution in [2.75, 3.05) is 25.1 Å². The molecule has 2 aromatic rings. The van der Waals surface area contributed by atoms with E-state index < -0.39 is 0 Å². The Morgan fingerprint density at radius 1 is 1.04 bits per heavy atom. The number of carbonyl (C=O) groups excluding carboxylic acids is 2. The Morgan fingerprint density at radius 2 is 1.74 bits per heavy atom. The van der Waals surface area contributed by atoms with Gasteiger partial charge in [0.2, 0.25) is 5.91 Å². The number of anilines is 1. The molecule has 27 heavy (non-hydrogen) atoms. The Kier molecular flexibility index (Phi) is 8.52. The van der Waals surface area contributed by atoms with Crippen molar-refractivity contribution in [3.05, 3.63) is 65.7 Å². The molecule has 0 heterocycles. The second kappa shape index (κ2) is 11.1. The molecule has 0 aliphatic rings. The Bertz CT molecular complexity index is 731. The maximum atomic E-state index is 12.4. The molecule has 2 aromatic carbocycles. The van der Waals surface area contributed by atoms with E-state index in [9.17, 15) is 9.59 Å². The number of hydrogen-bond acceptors (Lipinski definition) is 3. The van der Waals surface area contributed by atoms with Gasteiger partial charge in [0, 0.05) is 26.2 Å². The summed E-state index contributed by atoms with van der Waals surface area (Å²) in [6, 6.07) is 17.0. The van der Waals surface area contributed by atoms with E-state index in [-0.39, 0.29) is 17.7 Å². The predicted molar refractivity (Wildman–Crippen MR) is 108 cm³/mol. The summed E-state index contributed by atoms with van der Waals surface area (Å²) in [5, 5.41) is 5.75. The van der Waals surface area contributed by atoms with Crippen LogP contribution >= 0.6 is 0 Å². The van der Waals surface area contributed by atoms with Crippen LogP contribution in [0.2, 0.25) is 0 Å². The molecule has 0 saturated carbocycles. The molecule has 0 aromatic heterocycles. The maximum Gasteiger partial charge on any atom is 0.253 e. The summed E-state index contributed by atoms with van der Waals surface area (Å²) >= 11 is 0. The summed E-state index contributed by atoms with van der Waals surface area (Å²) in [7, 11) is 0. The van der Waals surface area contributed by atoms with E-state index in [0.717, 1.165) is 12.0 Å². The van der Waals surface area contributed by atoms with Crippen molar-refractivity contribution >= 4 is 17.5 Å². The van der Waals surface area contributed by atoms with Crippen molar-refractivity contribution in [1.29, 1.82) is 0 Å². The van der Waals surface area contributed by atoms with Crippen molar-refractivity contribution in [2.45, 2.75) is 32.6 Å². The number of nitrogens with one attached hydrogen (secondary N) is 2. The molecular weight excluding hydrogens is 340 g/mol. The van der Waals surface area contributed by atoms with E-state index >= 15 is 0 Å². The molecule has 1 unspecified atom stereocenters. The Morgan fingerprint density at radius 3 is 2.48 bits per heavy atom. The summed E-state index contributed by atoms with van der Waals surface area (Å²) in [5.74, 6) is -0.202. The molecule has 0 fully saturated rings. The van der Waals surface area contributed by atoms with E-state index in [2.05, 4.69) is 10.6 Å². The van der Waals surface area contributed by atoms with Crippen LogP contribution in [-0.4, -0.2) is 31.6 Å². The minimum absolute atomic E-state index is 0.103. The van der Waals surface area contributed by atoms with Crippen LogP contribution in [-0.2, 0) is 9.53 Å². The van der Waals surface area contributed by atoms with Gasteiger partial charge in [-0.2, -0.15) is 0 Å². The number of benzene rings is 2. The van der Waals surface area contributed by atoms with E-state index in [1.807, 2.05) is 50.2 Å². The van der Waals surface area contributed by atoms with Gasteiger partial charge in [-0.1, -0.05) is 49.4 Å². The highest BCUT2D eigenvalue weighted by atomic mass is 16.5. The number of para-hydroxylation sites is 1. The van der Waals surface area contributed by atoms with Crippen molar-refractivity contribution < 1.29 is 14.3 Å². The van der Waals surface area contributed by atoms with Crippen LogP contribution in [0.4, 0.5) is 5.69 Å². The fourth-order valence-corrected chi connectivity index (χ4v) is 2.78. The van der Waals surface area contributed by atoms with E-state index in [1.54, 1.807) is 18.2 Å².